The topological polar surface area (TPSA) is 92.5 Å². The molecule has 1 fully saturated rings. The average molecular weight is 275 g/mol. The highest BCUT2D eigenvalue weighted by atomic mass is 16.2. The second-order valence-electron chi connectivity index (χ2n) is 4.84. The normalized spacial score (nSPS) is 18.9. The predicted molar refractivity (Wildman–Crippen MR) is 73.9 cm³/mol. The van der Waals surface area contributed by atoms with E-state index in [1.165, 1.54) is 4.90 Å². The Kier molecular flexibility index (Phi) is 3.74. The third kappa shape index (κ3) is 2.49. The fraction of sp³-hybridized carbons (Fsp3) is 0.357. The van der Waals surface area contributed by atoms with Crippen LogP contribution in [0, 0.1) is 6.92 Å². The van der Waals surface area contributed by atoms with Gasteiger partial charge in [-0.3, -0.25) is 19.7 Å². The lowest BCUT2D eigenvalue weighted by Gasteiger charge is -2.33. The molecule has 0 saturated carbocycles. The summed E-state index contributed by atoms with van der Waals surface area (Å²) in [6.07, 6.45) is 0.457. The number of nitrogens with zero attached hydrogens (tertiary/aromatic N) is 1. The molecule has 6 heteroatoms. The van der Waals surface area contributed by atoms with Crippen LogP contribution in [-0.2, 0) is 9.59 Å². The molecule has 1 aromatic carbocycles. The second kappa shape index (κ2) is 5.32. The van der Waals surface area contributed by atoms with Gasteiger partial charge in [0.25, 0.3) is 5.91 Å². The first kappa shape index (κ1) is 14.0. The van der Waals surface area contributed by atoms with E-state index in [0.29, 0.717) is 17.7 Å². The number of benzene rings is 1. The van der Waals surface area contributed by atoms with Crippen LogP contribution in [0.1, 0.15) is 29.3 Å². The Hall–Kier alpha value is -2.37. The van der Waals surface area contributed by atoms with Gasteiger partial charge in [0.15, 0.2) is 0 Å². The summed E-state index contributed by atoms with van der Waals surface area (Å²) >= 11 is 0. The van der Waals surface area contributed by atoms with E-state index in [2.05, 4.69) is 5.32 Å². The summed E-state index contributed by atoms with van der Waals surface area (Å²) in [5.41, 5.74) is 7.41. The first-order valence-corrected chi connectivity index (χ1v) is 6.44. The van der Waals surface area contributed by atoms with Gasteiger partial charge in [0.2, 0.25) is 11.8 Å². The Morgan fingerprint density at radius 1 is 1.45 bits per heavy atom. The van der Waals surface area contributed by atoms with Crippen LogP contribution in [0.2, 0.25) is 0 Å². The van der Waals surface area contributed by atoms with Gasteiger partial charge in [-0.25, -0.2) is 0 Å². The number of hydrogen-bond acceptors (Lipinski definition) is 4. The van der Waals surface area contributed by atoms with Gasteiger partial charge in [0.1, 0.15) is 12.6 Å². The minimum absolute atomic E-state index is 0.104. The van der Waals surface area contributed by atoms with Crippen molar-refractivity contribution in [2.24, 2.45) is 0 Å². The summed E-state index contributed by atoms with van der Waals surface area (Å²) in [5.74, 6) is -1.20. The quantitative estimate of drug-likeness (QED) is 0.605. The molecule has 1 aliphatic rings. The lowest BCUT2D eigenvalue weighted by molar-refractivity contribution is -0.138. The lowest BCUT2D eigenvalue weighted by atomic mass is 10.0. The van der Waals surface area contributed by atoms with E-state index in [1.807, 2.05) is 0 Å². The maximum absolute atomic E-state index is 12.5. The third-order valence-electron chi connectivity index (χ3n) is 3.38. The summed E-state index contributed by atoms with van der Waals surface area (Å²) in [5, 5.41) is 2.25. The number of hydrogen-bond donors (Lipinski definition) is 2. The number of nitrogens with one attached hydrogen (secondary N) is 1. The first-order chi connectivity index (χ1) is 9.43. The number of piperazine rings is 1. The van der Waals surface area contributed by atoms with Crippen molar-refractivity contribution in [1.82, 2.24) is 10.2 Å². The second-order valence-corrected chi connectivity index (χ2v) is 4.84. The van der Waals surface area contributed by atoms with Gasteiger partial charge in [-0.15, -0.1) is 0 Å². The molecule has 1 atom stereocenters. The van der Waals surface area contributed by atoms with Gasteiger partial charge in [-0.1, -0.05) is 6.92 Å². The standard InChI is InChI=1S/C14H17N3O3/c1-3-11-13(19)16-12(18)7-17(11)14(20)10-5-4-9(15)6-8(10)2/h4-6,11H,3,7,15H2,1-2H3,(H,16,18,19). The Balaban J connectivity index is 2.34. The van der Waals surface area contributed by atoms with Crippen LogP contribution >= 0.6 is 0 Å². The van der Waals surface area contributed by atoms with E-state index in [9.17, 15) is 14.4 Å². The van der Waals surface area contributed by atoms with Crippen molar-refractivity contribution in [2.45, 2.75) is 26.3 Å². The molecule has 0 bridgehead atoms. The number of nitrogen functional groups attached to an aromatic ring is 1. The minimum atomic E-state index is -0.614. The molecule has 0 aliphatic carbocycles. The number of carbonyl (C=O) groups is 3. The Morgan fingerprint density at radius 3 is 2.75 bits per heavy atom. The van der Waals surface area contributed by atoms with Crippen molar-refractivity contribution in [3.63, 3.8) is 0 Å². The molecule has 1 aliphatic heterocycles. The summed E-state index contributed by atoms with van der Waals surface area (Å²) in [4.78, 5) is 37.1. The van der Waals surface area contributed by atoms with Crippen molar-refractivity contribution in [2.75, 3.05) is 12.3 Å². The van der Waals surface area contributed by atoms with Crippen LogP contribution in [0.4, 0.5) is 5.69 Å². The Morgan fingerprint density at radius 2 is 2.15 bits per heavy atom. The van der Waals surface area contributed by atoms with E-state index in [1.54, 1.807) is 32.0 Å². The molecule has 6 nitrogen and oxygen atoms in total. The number of anilines is 1. The highest BCUT2D eigenvalue weighted by Crippen LogP contribution is 2.18. The number of imide groups is 1. The van der Waals surface area contributed by atoms with Crippen LogP contribution in [0.15, 0.2) is 18.2 Å². The molecule has 1 saturated heterocycles. The highest BCUT2D eigenvalue weighted by molar-refractivity contribution is 6.07. The van der Waals surface area contributed by atoms with Crippen molar-refractivity contribution < 1.29 is 14.4 Å². The molecule has 1 heterocycles. The molecule has 1 unspecified atom stereocenters. The zero-order valence-electron chi connectivity index (χ0n) is 11.5. The van der Waals surface area contributed by atoms with E-state index in [-0.39, 0.29) is 12.5 Å². The van der Waals surface area contributed by atoms with Gasteiger partial charge in [0, 0.05) is 11.3 Å². The molecule has 3 N–H and O–H groups in total. The first-order valence-electron chi connectivity index (χ1n) is 6.44. The van der Waals surface area contributed by atoms with Crippen LogP contribution in [-0.4, -0.2) is 35.2 Å². The highest BCUT2D eigenvalue weighted by Gasteiger charge is 2.36. The lowest BCUT2D eigenvalue weighted by Crippen LogP contribution is -2.59. The maximum atomic E-state index is 12.5. The number of rotatable bonds is 2. The SMILES string of the molecule is CCC1C(=O)NC(=O)CN1C(=O)c1ccc(N)cc1C. The molecule has 0 aromatic heterocycles. The minimum Gasteiger partial charge on any atom is -0.399 e. The van der Waals surface area contributed by atoms with Crippen molar-refractivity contribution in [1.29, 1.82) is 0 Å². The van der Waals surface area contributed by atoms with Gasteiger partial charge in [-0.2, -0.15) is 0 Å². The van der Waals surface area contributed by atoms with Crippen LogP contribution in [0.5, 0.6) is 0 Å². The number of aryl methyl sites for hydroxylation is 1. The summed E-state index contributed by atoms with van der Waals surface area (Å²) in [6, 6.07) is 4.33. The van der Waals surface area contributed by atoms with Crippen molar-refractivity contribution in [3.05, 3.63) is 29.3 Å². The Bertz CT molecular complexity index is 583. The molecule has 20 heavy (non-hydrogen) atoms. The summed E-state index contributed by atoms with van der Waals surface area (Å²) < 4.78 is 0. The summed E-state index contributed by atoms with van der Waals surface area (Å²) in [6.45, 7) is 3.47. The zero-order valence-corrected chi connectivity index (χ0v) is 11.5. The number of carbonyl (C=O) groups excluding carboxylic acids is 3. The van der Waals surface area contributed by atoms with Crippen LogP contribution in [0.3, 0.4) is 0 Å². The molecule has 1 aromatic rings. The predicted octanol–water partition coefficient (Wildman–Crippen LogP) is 0.454. The Labute approximate surface area is 116 Å². The van der Waals surface area contributed by atoms with E-state index >= 15 is 0 Å². The number of nitrogens with two attached hydrogens (primary N) is 1. The molecular formula is C14H17N3O3. The molecule has 2 rings (SSSR count). The molecule has 106 valence electrons. The fourth-order valence-corrected chi connectivity index (χ4v) is 2.37. The molecule has 3 amide bonds. The van der Waals surface area contributed by atoms with Crippen LogP contribution in [0.25, 0.3) is 0 Å². The van der Waals surface area contributed by atoms with Gasteiger partial charge < -0.3 is 10.6 Å². The fourth-order valence-electron chi connectivity index (χ4n) is 2.37. The maximum Gasteiger partial charge on any atom is 0.255 e. The smallest absolute Gasteiger partial charge is 0.255 e. The van der Waals surface area contributed by atoms with Crippen molar-refractivity contribution >= 4 is 23.4 Å². The van der Waals surface area contributed by atoms with E-state index < -0.39 is 17.9 Å². The third-order valence-corrected chi connectivity index (χ3v) is 3.38. The van der Waals surface area contributed by atoms with Crippen molar-refractivity contribution in [3.8, 4) is 0 Å². The molecule has 0 radical (unpaired) electrons. The monoisotopic (exact) mass is 275 g/mol. The van der Waals surface area contributed by atoms with Gasteiger partial charge >= 0.3 is 0 Å². The van der Waals surface area contributed by atoms with Gasteiger partial charge in [0.05, 0.1) is 0 Å². The molecule has 0 spiro atoms. The average Bonchev–Trinajstić information content (AvgIpc) is 2.37. The summed E-state index contributed by atoms with van der Waals surface area (Å²) in [7, 11) is 0. The van der Waals surface area contributed by atoms with Gasteiger partial charge in [-0.05, 0) is 37.1 Å². The van der Waals surface area contributed by atoms with Crippen LogP contribution < -0.4 is 11.1 Å². The van der Waals surface area contributed by atoms with E-state index in [0.717, 1.165) is 5.56 Å². The largest absolute Gasteiger partial charge is 0.399 e. The van der Waals surface area contributed by atoms with E-state index in [4.69, 9.17) is 5.73 Å². The molecular weight excluding hydrogens is 258 g/mol. The number of amides is 3. The zero-order chi connectivity index (χ0) is 14.9.